The van der Waals surface area contributed by atoms with Gasteiger partial charge in [-0.25, -0.2) is 9.29 Å². The Balaban J connectivity index is 3.02. The molecule has 0 N–H and O–H groups in total. The molecule has 7 heteroatoms. The van der Waals surface area contributed by atoms with Crippen LogP contribution in [0.15, 0.2) is 5.38 Å². The molecule has 0 fully saturated rings. The molecule has 0 spiro atoms. The summed E-state index contributed by atoms with van der Waals surface area (Å²) in [6.07, 6.45) is 0. The Bertz CT molecular complexity index is 410. The molecule has 0 saturated carbocycles. The van der Waals surface area contributed by atoms with Crippen molar-refractivity contribution in [3.63, 3.8) is 0 Å². The number of aryl methyl sites for hydroxylation is 1. The number of anilines is 1. The van der Waals surface area contributed by atoms with Gasteiger partial charge in [0.15, 0.2) is 5.13 Å². The fraction of sp³-hybridized carbons (Fsp3) is 0.571. The minimum absolute atomic E-state index is 0.483. The van der Waals surface area contributed by atoms with Crippen LogP contribution in [0.5, 0.6) is 0 Å². The van der Waals surface area contributed by atoms with Crippen LogP contribution >= 0.6 is 11.3 Å². The summed E-state index contributed by atoms with van der Waals surface area (Å²) in [7, 11) is 1.08. The third kappa shape index (κ3) is 2.05. The zero-order chi connectivity index (χ0) is 10.9. The highest BCUT2D eigenvalue weighted by Gasteiger charge is 2.22. The molecule has 14 heavy (non-hydrogen) atoms. The first kappa shape index (κ1) is 11.4. The van der Waals surface area contributed by atoms with Gasteiger partial charge >= 0.3 is 10.2 Å². The van der Waals surface area contributed by atoms with E-state index in [0.29, 0.717) is 5.13 Å². The van der Waals surface area contributed by atoms with Crippen LogP contribution in [-0.4, -0.2) is 38.9 Å². The van der Waals surface area contributed by atoms with Crippen LogP contribution in [0, 0.1) is 6.92 Å². The van der Waals surface area contributed by atoms with Crippen molar-refractivity contribution in [3.05, 3.63) is 11.1 Å². The lowest BCUT2D eigenvalue weighted by atomic mass is 10.6. The normalized spacial score (nSPS) is 12.1. The van der Waals surface area contributed by atoms with Gasteiger partial charge in [-0.1, -0.05) is 0 Å². The molecule has 1 heterocycles. The molecular weight excluding hydrogens is 222 g/mol. The molecular formula is C7H13N3O2S2. The van der Waals surface area contributed by atoms with E-state index in [-0.39, 0.29) is 0 Å². The van der Waals surface area contributed by atoms with E-state index in [0.717, 1.165) is 10.00 Å². The minimum Gasteiger partial charge on any atom is -0.235 e. The first-order valence-electron chi connectivity index (χ1n) is 3.94. The summed E-state index contributed by atoms with van der Waals surface area (Å²) in [4.78, 5) is 4.10. The number of hydrogen-bond acceptors (Lipinski definition) is 4. The van der Waals surface area contributed by atoms with Crippen molar-refractivity contribution in [1.29, 1.82) is 0 Å². The number of thiazole rings is 1. The molecule has 5 nitrogen and oxygen atoms in total. The summed E-state index contributed by atoms with van der Waals surface area (Å²) in [5.41, 5.74) is 0.825. The van der Waals surface area contributed by atoms with E-state index < -0.39 is 10.2 Å². The van der Waals surface area contributed by atoms with Crippen molar-refractivity contribution in [2.45, 2.75) is 6.92 Å². The van der Waals surface area contributed by atoms with Gasteiger partial charge in [0.05, 0.1) is 5.69 Å². The van der Waals surface area contributed by atoms with E-state index in [1.807, 2.05) is 12.3 Å². The topological polar surface area (TPSA) is 53.5 Å². The fourth-order valence-electron chi connectivity index (χ4n) is 0.830. The maximum atomic E-state index is 11.7. The van der Waals surface area contributed by atoms with Gasteiger partial charge in [0, 0.05) is 26.5 Å². The maximum Gasteiger partial charge on any atom is 0.305 e. The van der Waals surface area contributed by atoms with Crippen molar-refractivity contribution in [2.24, 2.45) is 0 Å². The van der Waals surface area contributed by atoms with E-state index in [9.17, 15) is 8.42 Å². The number of hydrogen-bond donors (Lipinski definition) is 0. The van der Waals surface area contributed by atoms with Crippen molar-refractivity contribution < 1.29 is 8.42 Å². The number of nitrogens with zero attached hydrogens (tertiary/aromatic N) is 3. The smallest absolute Gasteiger partial charge is 0.235 e. The summed E-state index contributed by atoms with van der Waals surface area (Å²) in [5, 5.41) is 2.30. The Kier molecular flexibility index (Phi) is 3.13. The summed E-state index contributed by atoms with van der Waals surface area (Å²) in [5.74, 6) is 0. The van der Waals surface area contributed by atoms with E-state index in [1.165, 1.54) is 36.8 Å². The molecule has 0 aliphatic rings. The number of rotatable bonds is 3. The Morgan fingerprint density at radius 3 is 2.29 bits per heavy atom. The average Bonchev–Trinajstić information content (AvgIpc) is 2.50. The lowest BCUT2D eigenvalue weighted by molar-refractivity contribution is 0.519. The Labute approximate surface area is 88.2 Å². The molecule has 1 aromatic heterocycles. The molecule has 0 radical (unpaired) electrons. The van der Waals surface area contributed by atoms with Crippen LogP contribution in [0.1, 0.15) is 5.69 Å². The summed E-state index contributed by atoms with van der Waals surface area (Å²) < 4.78 is 25.6. The van der Waals surface area contributed by atoms with Gasteiger partial charge in [-0.2, -0.15) is 12.7 Å². The molecule has 80 valence electrons. The largest absolute Gasteiger partial charge is 0.305 e. The van der Waals surface area contributed by atoms with Crippen LogP contribution in [-0.2, 0) is 10.2 Å². The molecule has 0 bridgehead atoms. The molecule has 0 aliphatic heterocycles. The van der Waals surface area contributed by atoms with Gasteiger partial charge in [-0.3, -0.25) is 0 Å². The quantitative estimate of drug-likeness (QED) is 0.774. The summed E-state index contributed by atoms with van der Waals surface area (Å²) in [6.45, 7) is 1.83. The van der Waals surface area contributed by atoms with Crippen LogP contribution in [0.2, 0.25) is 0 Å². The summed E-state index contributed by atoms with van der Waals surface area (Å²) >= 11 is 1.31. The molecule has 0 aromatic carbocycles. The SMILES string of the molecule is Cc1csc(N(C)S(=O)(=O)N(C)C)n1. The van der Waals surface area contributed by atoms with E-state index in [2.05, 4.69) is 4.98 Å². The van der Waals surface area contributed by atoms with Crippen LogP contribution in [0.25, 0.3) is 0 Å². The first-order valence-corrected chi connectivity index (χ1v) is 6.22. The average molecular weight is 235 g/mol. The van der Waals surface area contributed by atoms with Gasteiger partial charge in [-0.15, -0.1) is 11.3 Å². The highest BCUT2D eigenvalue weighted by molar-refractivity contribution is 7.90. The minimum atomic E-state index is -3.40. The first-order chi connectivity index (χ1) is 6.35. The molecule has 0 unspecified atom stereocenters. The second-order valence-electron chi connectivity index (χ2n) is 3.03. The molecule has 1 rings (SSSR count). The standard InChI is InChI=1S/C7H13N3O2S2/c1-6-5-13-7(8-6)10(4)14(11,12)9(2)3/h5H,1-4H3. The molecule has 0 atom stereocenters. The highest BCUT2D eigenvalue weighted by Crippen LogP contribution is 2.21. The predicted octanol–water partition coefficient (Wildman–Crippen LogP) is 0.694. The zero-order valence-corrected chi connectivity index (χ0v) is 10.2. The van der Waals surface area contributed by atoms with Crippen LogP contribution in [0.4, 0.5) is 5.13 Å². The van der Waals surface area contributed by atoms with Crippen molar-refractivity contribution in [3.8, 4) is 0 Å². The maximum absolute atomic E-state index is 11.7. The zero-order valence-electron chi connectivity index (χ0n) is 8.55. The van der Waals surface area contributed by atoms with Crippen molar-refractivity contribution in [2.75, 3.05) is 25.4 Å². The third-order valence-electron chi connectivity index (χ3n) is 1.68. The second kappa shape index (κ2) is 3.84. The Morgan fingerprint density at radius 1 is 1.36 bits per heavy atom. The van der Waals surface area contributed by atoms with Gasteiger partial charge < -0.3 is 0 Å². The van der Waals surface area contributed by atoms with Gasteiger partial charge in [0.25, 0.3) is 0 Å². The molecule has 1 aromatic rings. The van der Waals surface area contributed by atoms with E-state index in [1.54, 1.807) is 0 Å². The molecule has 0 saturated heterocycles. The fourth-order valence-corrected chi connectivity index (χ4v) is 2.64. The lowest BCUT2D eigenvalue weighted by Gasteiger charge is -2.20. The van der Waals surface area contributed by atoms with Gasteiger partial charge in [0.1, 0.15) is 0 Å². The van der Waals surface area contributed by atoms with Crippen molar-refractivity contribution >= 4 is 26.7 Å². The Morgan fingerprint density at radius 2 is 1.93 bits per heavy atom. The monoisotopic (exact) mass is 235 g/mol. The summed E-state index contributed by atoms with van der Waals surface area (Å²) in [6, 6.07) is 0. The van der Waals surface area contributed by atoms with Crippen molar-refractivity contribution in [1.82, 2.24) is 9.29 Å². The lowest BCUT2D eigenvalue weighted by Crippen LogP contribution is -2.37. The van der Waals surface area contributed by atoms with Gasteiger partial charge in [-0.05, 0) is 6.92 Å². The van der Waals surface area contributed by atoms with Crippen LogP contribution in [0.3, 0.4) is 0 Å². The predicted molar refractivity (Wildman–Crippen MR) is 57.9 cm³/mol. The molecule has 0 amide bonds. The number of aromatic nitrogens is 1. The highest BCUT2D eigenvalue weighted by atomic mass is 32.2. The third-order valence-corrected chi connectivity index (χ3v) is 4.62. The Hall–Kier alpha value is -0.660. The van der Waals surface area contributed by atoms with E-state index >= 15 is 0 Å². The second-order valence-corrected chi connectivity index (χ2v) is 6.04. The van der Waals surface area contributed by atoms with Crippen LogP contribution < -0.4 is 4.31 Å². The van der Waals surface area contributed by atoms with E-state index in [4.69, 9.17) is 0 Å². The van der Waals surface area contributed by atoms with Gasteiger partial charge in [0.2, 0.25) is 0 Å². The molecule has 0 aliphatic carbocycles.